The minimum absolute atomic E-state index is 0.495. The molecule has 1 N–H and O–H groups in total. The second kappa shape index (κ2) is 7.90. The van der Waals surface area contributed by atoms with E-state index in [4.69, 9.17) is 4.74 Å². The van der Waals surface area contributed by atoms with Gasteiger partial charge in [0.15, 0.2) is 0 Å². The summed E-state index contributed by atoms with van der Waals surface area (Å²) in [6.07, 6.45) is 1.21. The summed E-state index contributed by atoms with van der Waals surface area (Å²) in [5.74, 6) is 1.20. The van der Waals surface area contributed by atoms with E-state index < -0.39 is 0 Å². The number of fused-ring (bicyclic) bond motifs is 1. The number of likely N-dealkylation sites (N-methyl/N-ethyl adjacent to an activating group) is 1. The molecule has 1 aromatic carbocycles. The number of thioether (sulfide) groups is 1. The van der Waals surface area contributed by atoms with Crippen LogP contribution in [-0.2, 0) is 4.74 Å². The molecule has 1 aliphatic rings. The van der Waals surface area contributed by atoms with Crippen LogP contribution in [0.3, 0.4) is 0 Å². The smallest absolute Gasteiger partial charge is 0.0593 e. The predicted octanol–water partition coefficient (Wildman–Crippen LogP) is 2.39. The van der Waals surface area contributed by atoms with Crippen molar-refractivity contribution in [3.63, 3.8) is 0 Å². The Hall–Kier alpha value is -0.550. The van der Waals surface area contributed by atoms with Gasteiger partial charge in [-0.3, -0.25) is 0 Å². The van der Waals surface area contributed by atoms with Crippen LogP contribution >= 0.6 is 11.8 Å². The first kappa shape index (κ1) is 14.9. The van der Waals surface area contributed by atoms with Crippen molar-refractivity contribution in [2.75, 3.05) is 46.2 Å². The molecule has 1 unspecified atom stereocenters. The lowest BCUT2D eigenvalue weighted by Gasteiger charge is -2.26. The summed E-state index contributed by atoms with van der Waals surface area (Å²) in [5, 5.41) is 3.61. The van der Waals surface area contributed by atoms with E-state index in [0.717, 1.165) is 26.3 Å². The zero-order chi connectivity index (χ0) is 13.5. The highest BCUT2D eigenvalue weighted by Crippen LogP contribution is 2.35. The summed E-state index contributed by atoms with van der Waals surface area (Å²) in [5.41, 5.74) is 1.45. The van der Waals surface area contributed by atoms with Crippen LogP contribution in [0.5, 0.6) is 0 Å². The third-order valence-electron chi connectivity index (χ3n) is 3.28. The maximum absolute atomic E-state index is 5.61. The van der Waals surface area contributed by atoms with Crippen molar-refractivity contribution in [3.05, 3.63) is 29.8 Å². The highest BCUT2D eigenvalue weighted by Gasteiger charge is 2.19. The normalized spacial score (nSPS) is 18.6. The lowest BCUT2D eigenvalue weighted by molar-refractivity contribution is 0.117. The Kier molecular flexibility index (Phi) is 6.17. The lowest BCUT2D eigenvalue weighted by Crippen LogP contribution is -2.28. The number of benzene rings is 1. The fourth-order valence-corrected chi connectivity index (χ4v) is 3.33. The number of ether oxygens (including phenoxy) is 1. The lowest BCUT2D eigenvalue weighted by atomic mass is 10.0. The minimum atomic E-state index is 0.495. The van der Waals surface area contributed by atoms with Gasteiger partial charge in [-0.05, 0) is 37.9 Å². The molecule has 0 saturated carbocycles. The highest BCUT2D eigenvalue weighted by atomic mass is 32.2. The molecule has 0 fully saturated rings. The molecule has 19 heavy (non-hydrogen) atoms. The third kappa shape index (κ3) is 4.80. The van der Waals surface area contributed by atoms with Crippen LogP contribution in [0.4, 0.5) is 0 Å². The first-order valence-corrected chi connectivity index (χ1v) is 7.93. The highest BCUT2D eigenvalue weighted by molar-refractivity contribution is 7.99. The van der Waals surface area contributed by atoms with Gasteiger partial charge in [0.05, 0.1) is 13.2 Å². The Balaban J connectivity index is 1.70. The van der Waals surface area contributed by atoms with Gasteiger partial charge in [-0.2, -0.15) is 0 Å². The zero-order valence-electron chi connectivity index (χ0n) is 11.9. The average molecular weight is 280 g/mol. The van der Waals surface area contributed by atoms with Crippen LogP contribution in [0.2, 0.25) is 0 Å². The summed E-state index contributed by atoms with van der Waals surface area (Å²) < 4.78 is 5.61. The van der Waals surface area contributed by atoms with E-state index in [9.17, 15) is 0 Å². The molecule has 4 heteroatoms. The van der Waals surface area contributed by atoms with Gasteiger partial charge in [0.1, 0.15) is 0 Å². The Morgan fingerprint density at radius 2 is 2.16 bits per heavy atom. The van der Waals surface area contributed by atoms with Gasteiger partial charge < -0.3 is 15.0 Å². The topological polar surface area (TPSA) is 24.5 Å². The number of nitrogens with zero attached hydrogens (tertiary/aromatic N) is 1. The third-order valence-corrected chi connectivity index (χ3v) is 4.40. The van der Waals surface area contributed by atoms with E-state index in [1.54, 1.807) is 0 Å². The van der Waals surface area contributed by atoms with Gasteiger partial charge >= 0.3 is 0 Å². The van der Waals surface area contributed by atoms with Crippen molar-refractivity contribution < 1.29 is 4.74 Å². The molecular formula is C15H24N2OS. The fraction of sp³-hybridized carbons (Fsp3) is 0.600. The molecule has 0 bridgehead atoms. The molecule has 1 aliphatic heterocycles. The van der Waals surface area contributed by atoms with Crippen LogP contribution in [0.15, 0.2) is 29.2 Å². The van der Waals surface area contributed by atoms with Gasteiger partial charge in [0, 0.05) is 24.0 Å². The molecule has 0 spiro atoms. The predicted molar refractivity (Wildman–Crippen MR) is 81.9 cm³/mol. The van der Waals surface area contributed by atoms with Gasteiger partial charge in [0.2, 0.25) is 0 Å². The summed E-state index contributed by atoms with van der Waals surface area (Å²) in [6.45, 7) is 3.52. The van der Waals surface area contributed by atoms with E-state index in [-0.39, 0.29) is 0 Å². The van der Waals surface area contributed by atoms with Crippen molar-refractivity contribution in [3.8, 4) is 0 Å². The maximum Gasteiger partial charge on any atom is 0.0593 e. The second-order valence-corrected chi connectivity index (χ2v) is 6.23. The molecule has 0 radical (unpaired) electrons. The standard InChI is InChI=1S/C15H24N2OS/c1-17(2)9-11-18-10-8-16-14-7-12-19-15-6-4-3-5-13(14)15/h3-6,14,16H,7-12H2,1-2H3. The zero-order valence-corrected chi connectivity index (χ0v) is 12.7. The molecule has 106 valence electrons. The van der Waals surface area contributed by atoms with E-state index in [2.05, 4.69) is 48.6 Å². The van der Waals surface area contributed by atoms with Gasteiger partial charge in [-0.1, -0.05) is 18.2 Å². The van der Waals surface area contributed by atoms with Gasteiger partial charge in [-0.25, -0.2) is 0 Å². The van der Waals surface area contributed by atoms with Gasteiger partial charge in [0.25, 0.3) is 0 Å². The molecule has 0 saturated heterocycles. The van der Waals surface area contributed by atoms with Crippen molar-refractivity contribution in [1.29, 1.82) is 0 Å². The van der Waals surface area contributed by atoms with Crippen LogP contribution in [-0.4, -0.2) is 51.1 Å². The number of hydrogen-bond acceptors (Lipinski definition) is 4. The Morgan fingerprint density at radius 1 is 1.32 bits per heavy atom. The van der Waals surface area contributed by atoms with Crippen molar-refractivity contribution in [1.82, 2.24) is 10.2 Å². The summed E-state index contributed by atoms with van der Waals surface area (Å²) in [4.78, 5) is 3.57. The van der Waals surface area contributed by atoms with E-state index >= 15 is 0 Å². The maximum atomic E-state index is 5.61. The fourth-order valence-electron chi connectivity index (χ4n) is 2.21. The Bertz CT molecular complexity index is 384. The average Bonchev–Trinajstić information content (AvgIpc) is 2.42. The molecule has 3 nitrogen and oxygen atoms in total. The number of hydrogen-bond donors (Lipinski definition) is 1. The Morgan fingerprint density at radius 3 is 3.00 bits per heavy atom. The Labute approximate surface area is 120 Å². The molecule has 0 aromatic heterocycles. The van der Waals surface area contributed by atoms with Crippen LogP contribution < -0.4 is 5.32 Å². The quantitative estimate of drug-likeness (QED) is 0.775. The van der Waals surface area contributed by atoms with E-state index in [1.165, 1.54) is 22.6 Å². The van der Waals surface area contributed by atoms with Gasteiger partial charge in [-0.15, -0.1) is 11.8 Å². The van der Waals surface area contributed by atoms with E-state index in [0.29, 0.717) is 6.04 Å². The number of nitrogens with one attached hydrogen (secondary N) is 1. The SMILES string of the molecule is CN(C)CCOCCNC1CCSc2ccccc21. The largest absolute Gasteiger partial charge is 0.379 e. The molecule has 1 atom stereocenters. The first-order chi connectivity index (χ1) is 9.27. The molecule has 1 aromatic rings. The van der Waals surface area contributed by atoms with Crippen LogP contribution in [0.1, 0.15) is 18.0 Å². The van der Waals surface area contributed by atoms with Crippen LogP contribution in [0.25, 0.3) is 0 Å². The molecule has 2 rings (SSSR count). The van der Waals surface area contributed by atoms with Crippen molar-refractivity contribution in [2.24, 2.45) is 0 Å². The molecular weight excluding hydrogens is 256 g/mol. The second-order valence-electron chi connectivity index (χ2n) is 5.10. The molecule has 0 amide bonds. The minimum Gasteiger partial charge on any atom is -0.379 e. The monoisotopic (exact) mass is 280 g/mol. The van der Waals surface area contributed by atoms with Crippen LogP contribution in [0, 0.1) is 0 Å². The van der Waals surface area contributed by atoms with Crippen molar-refractivity contribution in [2.45, 2.75) is 17.4 Å². The molecule has 0 aliphatic carbocycles. The summed E-state index contributed by atoms with van der Waals surface area (Å²) in [6, 6.07) is 9.22. The number of rotatable bonds is 7. The summed E-state index contributed by atoms with van der Waals surface area (Å²) in [7, 11) is 4.14. The van der Waals surface area contributed by atoms with E-state index in [1.807, 2.05) is 11.8 Å². The molecule has 1 heterocycles. The first-order valence-electron chi connectivity index (χ1n) is 6.95. The van der Waals surface area contributed by atoms with Crippen molar-refractivity contribution >= 4 is 11.8 Å². The summed E-state index contributed by atoms with van der Waals surface area (Å²) >= 11 is 1.97.